The lowest BCUT2D eigenvalue weighted by molar-refractivity contribution is -0.134. The molecular formula is C29H43N3O2. The van der Waals surface area contributed by atoms with E-state index in [1.807, 2.05) is 23.1 Å². The van der Waals surface area contributed by atoms with E-state index in [0.29, 0.717) is 18.6 Å². The van der Waals surface area contributed by atoms with Gasteiger partial charge in [-0.05, 0) is 60.9 Å². The maximum atomic E-state index is 12.8. The topological polar surface area (TPSA) is 58.8 Å². The highest BCUT2D eigenvalue weighted by Gasteiger charge is 2.30. The fraction of sp³-hybridized carbons (Fsp3) is 0.552. The van der Waals surface area contributed by atoms with Gasteiger partial charge in [-0.1, -0.05) is 64.4 Å². The molecule has 186 valence electrons. The average Bonchev–Trinajstić information content (AvgIpc) is 2.87. The molecule has 34 heavy (non-hydrogen) atoms. The molecule has 2 aromatic carbocycles. The Morgan fingerprint density at radius 1 is 1.06 bits per heavy atom. The summed E-state index contributed by atoms with van der Waals surface area (Å²) in [6.45, 7) is 11.9. The van der Waals surface area contributed by atoms with Crippen LogP contribution in [0.2, 0.25) is 0 Å². The van der Waals surface area contributed by atoms with Crippen LogP contribution >= 0.6 is 0 Å². The Kier molecular flexibility index (Phi) is 9.82. The minimum Gasteiger partial charge on any atom is -0.489 e. The number of rotatable bonds is 11. The van der Waals surface area contributed by atoms with Gasteiger partial charge in [0.2, 0.25) is 5.91 Å². The Balaban J connectivity index is 1.62. The van der Waals surface area contributed by atoms with Crippen molar-refractivity contribution < 1.29 is 9.53 Å². The van der Waals surface area contributed by atoms with E-state index in [0.717, 1.165) is 51.1 Å². The van der Waals surface area contributed by atoms with Crippen molar-refractivity contribution >= 4 is 11.6 Å². The van der Waals surface area contributed by atoms with E-state index < -0.39 is 0 Å². The fourth-order valence-corrected chi connectivity index (χ4v) is 4.50. The Bertz CT molecular complexity index is 861. The first-order valence-corrected chi connectivity index (χ1v) is 13.0. The van der Waals surface area contributed by atoms with E-state index in [1.165, 1.54) is 11.3 Å². The third-order valence-corrected chi connectivity index (χ3v) is 7.12. The third-order valence-electron chi connectivity index (χ3n) is 7.12. The number of ether oxygens (including phenoxy) is 1. The van der Waals surface area contributed by atoms with Crippen molar-refractivity contribution in [3.63, 3.8) is 0 Å². The van der Waals surface area contributed by atoms with Gasteiger partial charge >= 0.3 is 0 Å². The molecule has 1 saturated heterocycles. The van der Waals surface area contributed by atoms with Gasteiger partial charge in [0.05, 0.1) is 6.04 Å². The van der Waals surface area contributed by atoms with Gasteiger partial charge in [0, 0.05) is 31.4 Å². The number of benzene rings is 2. The van der Waals surface area contributed by atoms with Crippen LogP contribution in [0.25, 0.3) is 0 Å². The molecule has 1 heterocycles. The molecule has 0 bridgehead atoms. The van der Waals surface area contributed by atoms with Crippen LogP contribution in [0.3, 0.4) is 0 Å². The van der Waals surface area contributed by atoms with Gasteiger partial charge in [-0.2, -0.15) is 0 Å². The Hall–Kier alpha value is -2.53. The summed E-state index contributed by atoms with van der Waals surface area (Å²) in [5.41, 5.74) is 8.63. The molecule has 1 aliphatic rings. The monoisotopic (exact) mass is 465 g/mol. The van der Waals surface area contributed by atoms with Crippen molar-refractivity contribution in [3.8, 4) is 5.75 Å². The highest BCUT2D eigenvalue weighted by atomic mass is 16.5. The van der Waals surface area contributed by atoms with Crippen LogP contribution in [0.1, 0.15) is 58.9 Å². The number of carbonyl (C=O) groups excluding carboxylic acids is 1. The summed E-state index contributed by atoms with van der Waals surface area (Å²) in [5.74, 6) is 1.86. The van der Waals surface area contributed by atoms with Gasteiger partial charge in [0.1, 0.15) is 12.4 Å². The minimum absolute atomic E-state index is 0.112. The first-order valence-electron chi connectivity index (χ1n) is 13.0. The fourth-order valence-electron chi connectivity index (χ4n) is 4.50. The summed E-state index contributed by atoms with van der Waals surface area (Å²) in [4.78, 5) is 17.4. The zero-order chi connectivity index (χ0) is 24.5. The molecule has 0 radical (unpaired) electrons. The van der Waals surface area contributed by atoms with Gasteiger partial charge in [-0.25, -0.2) is 0 Å². The normalized spacial score (nSPS) is 16.4. The molecule has 0 aliphatic carbocycles. The predicted octanol–water partition coefficient (Wildman–Crippen LogP) is 5.48. The van der Waals surface area contributed by atoms with E-state index in [2.05, 4.69) is 69.0 Å². The SMILES string of the molecule is CCC(C)[C@H](N)C(=O)N1CCC(N(CCC(C)C)c2ccc(OCc3ccccc3)cc2)CC1. The van der Waals surface area contributed by atoms with Crippen molar-refractivity contribution in [2.75, 3.05) is 24.5 Å². The predicted molar refractivity (Wildman–Crippen MR) is 141 cm³/mol. The number of piperidine rings is 1. The lowest BCUT2D eigenvalue weighted by Gasteiger charge is -2.41. The summed E-state index contributed by atoms with van der Waals surface area (Å²) in [6, 6.07) is 18.8. The first kappa shape index (κ1) is 26.1. The standard InChI is InChI=1S/C29H43N3O2/c1-5-23(4)28(30)29(33)31-18-16-26(17-19-31)32(20-15-22(2)3)25-11-13-27(14-12-25)34-21-24-9-7-6-8-10-24/h6-14,22-23,26,28H,5,15-21,30H2,1-4H3/t23?,28-/m0/s1. The number of amides is 1. The van der Waals surface area contributed by atoms with E-state index in [4.69, 9.17) is 10.5 Å². The second-order valence-corrected chi connectivity index (χ2v) is 10.1. The van der Waals surface area contributed by atoms with E-state index in [9.17, 15) is 4.79 Å². The van der Waals surface area contributed by atoms with Gasteiger partial charge in [-0.15, -0.1) is 0 Å². The zero-order valence-electron chi connectivity index (χ0n) is 21.5. The molecule has 0 saturated carbocycles. The molecule has 5 nitrogen and oxygen atoms in total. The lowest BCUT2D eigenvalue weighted by atomic mass is 9.96. The van der Waals surface area contributed by atoms with Gasteiger partial charge < -0.3 is 20.3 Å². The van der Waals surface area contributed by atoms with Crippen molar-refractivity contribution in [2.45, 2.75) is 72.1 Å². The van der Waals surface area contributed by atoms with Crippen LogP contribution in [0.5, 0.6) is 5.75 Å². The van der Waals surface area contributed by atoms with Crippen molar-refractivity contribution in [2.24, 2.45) is 17.6 Å². The van der Waals surface area contributed by atoms with Gasteiger partial charge in [0.25, 0.3) is 0 Å². The maximum Gasteiger partial charge on any atom is 0.239 e. The van der Waals surface area contributed by atoms with Crippen molar-refractivity contribution in [1.82, 2.24) is 4.90 Å². The van der Waals surface area contributed by atoms with Gasteiger partial charge in [-0.3, -0.25) is 4.79 Å². The van der Waals surface area contributed by atoms with Crippen LogP contribution < -0.4 is 15.4 Å². The smallest absolute Gasteiger partial charge is 0.239 e. The number of carbonyl (C=O) groups is 1. The first-order chi connectivity index (χ1) is 16.4. The quantitative estimate of drug-likeness (QED) is 0.477. The molecule has 1 amide bonds. The molecule has 0 spiro atoms. The zero-order valence-corrected chi connectivity index (χ0v) is 21.5. The van der Waals surface area contributed by atoms with Crippen LogP contribution in [-0.4, -0.2) is 42.5 Å². The largest absolute Gasteiger partial charge is 0.489 e. The van der Waals surface area contributed by atoms with Crippen molar-refractivity contribution in [3.05, 3.63) is 60.2 Å². The summed E-state index contributed by atoms with van der Waals surface area (Å²) in [5, 5.41) is 0. The Morgan fingerprint density at radius 2 is 1.71 bits per heavy atom. The second kappa shape index (κ2) is 12.8. The van der Waals surface area contributed by atoms with Crippen LogP contribution in [0.4, 0.5) is 5.69 Å². The average molecular weight is 466 g/mol. The third kappa shape index (κ3) is 7.23. The van der Waals surface area contributed by atoms with Crippen LogP contribution in [0, 0.1) is 11.8 Å². The van der Waals surface area contributed by atoms with Gasteiger partial charge in [0.15, 0.2) is 0 Å². The van der Waals surface area contributed by atoms with Crippen LogP contribution in [0.15, 0.2) is 54.6 Å². The number of hydrogen-bond acceptors (Lipinski definition) is 4. The molecule has 2 atom stereocenters. The molecular weight excluding hydrogens is 422 g/mol. The maximum absolute atomic E-state index is 12.8. The highest BCUT2D eigenvalue weighted by molar-refractivity contribution is 5.82. The summed E-state index contributed by atoms with van der Waals surface area (Å²) in [7, 11) is 0. The van der Waals surface area contributed by atoms with Crippen LogP contribution in [-0.2, 0) is 11.4 Å². The highest BCUT2D eigenvalue weighted by Crippen LogP contribution is 2.27. The number of nitrogens with two attached hydrogens (primary N) is 1. The second-order valence-electron chi connectivity index (χ2n) is 10.1. The summed E-state index contributed by atoms with van der Waals surface area (Å²) < 4.78 is 5.99. The van der Waals surface area contributed by atoms with E-state index in [-0.39, 0.29) is 17.9 Å². The summed E-state index contributed by atoms with van der Waals surface area (Å²) in [6.07, 6.45) is 4.02. The lowest BCUT2D eigenvalue weighted by Crippen LogP contribution is -2.52. The number of anilines is 1. The molecule has 2 aromatic rings. The van der Waals surface area contributed by atoms with Crippen molar-refractivity contribution in [1.29, 1.82) is 0 Å². The molecule has 2 N–H and O–H groups in total. The number of nitrogens with zero attached hydrogens (tertiary/aromatic N) is 2. The number of likely N-dealkylation sites (tertiary alicyclic amines) is 1. The Morgan fingerprint density at radius 3 is 2.29 bits per heavy atom. The molecule has 1 aliphatic heterocycles. The Labute approximate surface area is 206 Å². The molecule has 1 fully saturated rings. The molecule has 3 rings (SSSR count). The number of hydrogen-bond donors (Lipinski definition) is 1. The molecule has 0 aromatic heterocycles. The molecule has 5 heteroatoms. The van der Waals surface area contributed by atoms with E-state index in [1.54, 1.807) is 0 Å². The molecule has 1 unspecified atom stereocenters. The minimum atomic E-state index is -0.387. The van der Waals surface area contributed by atoms with E-state index >= 15 is 0 Å². The summed E-state index contributed by atoms with van der Waals surface area (Å²) >= 11 is 0.